The Labute approximate surface area is 120 Å². The second-order valence-electron chi connectivity index (χ2n) is 6.68. The monoisotopic (exact) mass is 273 g/mol. The van der Waals surface area contributed by atoms with Gasteiger partial charge in [-0.1, -0.05) is 19.9 Å². The predicted octanol–water partition coefficient (Wildman–Crippen LogP) is 3.21. The van der Waals surface area contributed by atoms with Gasteiger partial charge in [0, 0.05) is 30.5 Å². The number of urea groups is 1. The van der Waals surface area contributed by atoms with Gasteiger partial charge in [-0.05, 0) is 42.9 Å². The molecule has 1 unspecified atom stereocenters. The molecular formula is C16H23N3O. The fraction of sp³-hybridized carbons (Fsp3) is 0.562. The predicted molar refractivity (Wildman–Crippen MR) is 82.2 cm³/mol. The van der Waals surface area contributed by atoms with Crippen molar-refractivity contribution in [2.75, 3.05) is 23.3 Å². The number of benzene rings is 1. The first-order chi connectivity index (χ1) is 9.53. The highest BCUT2D eigenvalue weighted by atomic mass is 16.2. The largest absolute Gasteiger partial charge is 0.382 e. The van der Waals surface area contributed by atoms with Gasteiger partial charge in [-0.3, -0.25) is 4.90 Å². The molecule has 0 spiro atoms. The molecule has 3 rings (SSSR count). The summed E-state index contributed by atoms with van der Waals surface area (Å²) in [4.78, 5) is 13.5. The highest BCUT2D eigenvalue weighted by Crippen LogP contribution is 2.38. The van der Waals surface area contributed by atoms with Crippen LogP contribution in [0.5, 0.6) is 0 Å². The fourth-order valence-corrected chi connectivity index (χ4v) is 3.28. The molecule has 4 nitrogen and oxygen atoms in total. The maximum atomic E-state index is 11.7. The first-order valence-corrected chi connectivity index (χ1v) is 7.45. The van der Waals surface area contributed by atoms with E-state index < -0.39 is 0 Å². The topological polar surface area (TPSA) is 44.4 Å². The fourth-order valence-electron chi connectivity index (χ4n) is 3.28. The maximum absolute atomic E-state index is 11.7. The van der Waals surface area contributed by atoms with Crippen LogP contribution < -0.4 is 15.5 Å². The standard InChI is InChI=1S/C16H23N3O/c1-16(2)7-6-13(11-16)18-12-4-3-5-14(10-12)19-9-8-17-15(19)20/h3-5,10,13,18H,6-9,11H2,1-2H3,(H,17,20). The van der Waals surface area contributed by atoms with Crippen LogP contribution in [0.3, 0.4) is 0 Å². The third-order valence-electron chi connectivity index (χ3n) is 4.35. The van der Waals surface area contributed by atoms with Gasteiger partial charge in [0.05, 0.1) is 0 Å². The summed E-state index contributed by atoms with van der Waals surface area (Å²) in [6.45, 7) is 6.14. The molecule has 20 heavy (non-hydrogen) atoms. The molecule has 0 aromatic heterocycles. The lowest BCUT2D eigenvalue weighted by Gasteiger charge is -2.20. The number of nitrogens with zero attached hydrogens (tertiary/aromatic N) is 1. The van der Waals surface area contributed by atoms with E-state index in [2.05, 4.69) is 36.6 Å². The lowest BCUT2D eigenvalue weighted by molar-refractivity contribution is 0.252. The summed E-state index contributed by atoms with van der Waals surface area (Å²) in [5.74, 6) is 0. The smallest absolute Gasteiger partial charge is 0.321 e. The van der Waals surface area contributed by atoms with Crippen LogP contribution in [0.25, 0.3) is 0 Å². The molecule has 2 aliphatic rings. The Kier molecular flexibility index (Phi) is 3.32. The maximum Gasteiger partial charge on any atom is 0.321 e. The summed E-state index contributed by atoms with van der Waals surface area (Å²) in [5, 5.41) is 6.45. The van der Waals surface area contributed by atoms with Crippen molar-refractivity contribution in [3.63, 3.8) is 0 Å². The van der Waals surface area contributed by atoms with Gasteiger partial charge in [0.25, 0.3) is 0 Å². The zero-order valence-corrected chi connectivity index (χ0v) is 12.3. The summed E-state index contributed by atoms with van der Waals surface area (Å²) in [6, 6.07) is 8.73. The average molecular weight is 273 g/mol. The molecule has 2 fully saturated rings. The Bertz CT molecular complexity index is 512. The van der Waals surface area contributed by atoms with Crippen LogP contribution >= 0.6 is 0 Å². The van der Waals surface area contributed by atoms with Crippen molar-refractivity contribution in [1.82, 2.24) is 5.32 Å². The van der Waals surface area contributed by atoms with Crippen LogP contribution in [-0.4, -0.2) is 25.2 Å². The molecule has 1 aromatic carbocycles. The Morgan fingerprint density at radius 3 is 2.90 bits per heavy atom. The summed E-state index contributed by atoms with van der Waals surface area (Å²) in [5.41, 5.74) is 2.54. The van der Waals surface area contributed by atoms with E-state index in [1.165, 1.54) is 19.3 Å². The van der Waals surface area contributed by atoms with Gasteiger partial charge in [0.15, 0.2) is 0 Å². The number of carbonyl (C=O) groups is 1. The van der Waals surface area contributed by atoms with Crippen molar-refractivity contribution < 1.29 is 4.79 Å². The molecule has 1 saturated carbocycles. The van der Waals surface area contributed by atoms with Crippen LogP contribution in [0.15, 0.2) is 24.3 Å². The zero-order chi connectivity index (χ0) is 14.2. The summed E-state index contributed by atoms with van der Waals surface area (Å²) < 4.78 is 0. The number of nitrogens with one attached hydrogen (secondary N) is 2. The molecule has 0 bridgehead atoms. The van der Waals surface area contributed by atoms with Crippen LogP contribution in [0.1, 0.15) is 33.1 Å². The van der Waals surface area contributed by atoms with Gasteiger partial charge >= 0.3 is 6.03 Å². The van der Waals surface area contributed by atoms with Crippen molar-refractivity contribution in [2.45, 2.75) is 39.2 Å². The minimum absolute atomic E-state index is 0.00384. The molecular weight excluding hydrogens is 250 g/mol. The van der Waals surface area contributed by atoms with Gasteiger partial charge in [-0.2, -0.15) is 0 Å². The van der Waals surface area contributed by atoms with Crippen LogP contribution in [-0.2, 0) is 0 Å². The van der Waals surface area contributed by atoms with E-state index in [1.807, 2.05) is 12.1 Å². The molecule has 1 atom stereocenters. The normalized spacial score (nSPS) is 24.8. The van der Waals surface area contributed by atoms with Gasteiger partial charge in [0.2, 0.25) is 0 Å². The van der Waals surface area contributed by atoms with E-state index in [-0.39, 0.29) is 6.03 Å². The van der Waals surface area contributed by atoms with Crippen molar-refractivity contribution in [3.05, 3.63) is 24.3 Å². The first kappa shape index (κ1) is 13.3. The molecule has 1 aliphatic carbocycles. The molecule has 4 heteroatoms. The Balaban J connectivity index is 1.70. The summed E-state index contributed by atoms with van der Waals surface area (Å²) in [7, 11) is 0. The van der Waals surface area contributed by atoms with E-state index in [9.17, 15) is 4.79 Å². The molecule has 1 aromatic rings. The van der Waals surface area contributed by atoms with E-state index in [0.29, 0.717) is 11.5 Å². The minimum atomic E-state index is 0.00384. The van der Waals surface area contributed by atoms with Gasteiger partial charge in [-0.25, -0.2) is 4.79 Å². The Morgan fingerprint density at radius 1 is 1.40 bits per heavy atom. The SMILES string of the molecule is CC1(C)CCC(Nc2cccc(N3CCNC3=O)c2)C1. The average Bonchev–Trinajstić information content (AvgIpc) is 2.96. The second kappa shape index (κ2) is 5.00. The van der Waals surface area contributed by atoms with E-state index >= 15 is 0 Å². The van der Waals surface area contributed by atoms with E-state index in [1.54, 1.807) is 4.90 Å². The number of hydrogen-bond donors (Lipinski definition) is 2. The van der Waals surface area contributed by atoms with Gasteiger partial charge in [0.1, 0.15) is 0 Å². The van der Waals surface area contributed by atoms with Crippen molar-refractivity contribution >= 4 is 17.4 Å². The number of anilines is 2. The lowest BCUT2D eigenvalue weighted by atomic mass is 9.92. The Hall–Kier alpha value is -1.71. The number of hydrogen-bond acceptors (Lipinski definition) is 2. The molecule has 2 N–H and O–H groups in total. The lowest BCUT2D eigenvalue weighted by Crippen LogP contribution is -2.27. The molecule has 108 valence electrons. The van der Waals surface area contributed by atoms with Gasteiger partial charge < -0.3 is 10.6 Å². The third-order valence-corrected chi connectivity index (χ3v) is 4.35. The van der Waals surface area contributed by atoms with Crippen molar-refractivity contribution in [1.29, 1.82) is 0 Å². The van der Waals surface area contributed by atoms with Crippen LogP contribution in [0.2, 0.25) is 0 Å². The first-order valence-electron chi connectivity index (χ1n) is 7.45. The zero-order valence-electron chi connectivity index (χ0n) is 12.3. The third kappa shape index (κ3) is 2.74. The quantitative estimate of drug-likeness (QED) is 0.888. The van der Waals surface area contributed by atoms with Gasteiger partial charge in [-0.15, -0.1) is 0 Å². The molecule has 1 saturated heterocycles. The van der Waals surface area contributed by atoms with E-state index in [4.69, 9.17) is 0 Å². The molecule has 2 amide bonds. The number of amides is 2. The summed E-state index contributed by atoms with van der Waals surface area (Å²) >= 11 is 0. The van der Waals surface area contributed by atoms with Crippen molar-refractivity contribution in [2.24, 2.45) is 5.41 Å². The molecule has 0 radical (unpaired) electrons. The molecule has 1 heterocycles. The highest BCUT2D eigenvalue weighted by Gasteiger charge is 2.30. The Morgan fingerprint density at radius 2 is 2.25 bits per heavy atom. The minimum Gasteiger partial charge on any atom is -0.382 e. The van der Waals surface area contributed by atoms with Crippen molar-refractivity contribution in [3.8, 4) is 0 Å². The number of carbonyl (C=O) groups excluding carboxylic acids is 1. The summed E-state index contributed by atoms with van der Waals surface area (Å²) in [6.07, 6.45) is 3.71. The molecule has 1 aliphatic heterocycles. The van der Waals surface area contributed by atoms with Crippen LogP contribution in [0, 0.1) is 5.41 Å². The van der Waals surface area contributed by atoms with E-state index in [0.717, 1.165) is 24.5 Å². The highest BCUT2D eigenvalue weighted by molar-refractivity contribution is 5.94. The second-order valence-corrected chi connectivity index (χ2v) is 6.68. The number of rotatable bonds is 3. The van der Waals surface area contributed by atoms with Crippen LogP contribution in [0.4, 0.5) is 16.2 Å².